The second-order valence-corrected chi connectivity index (χ2v) is 6.88. The van der Waals surface area contributed by atoms with E-state index in [1.807, 2.05) is 0 Å². The van der Waals surface area contributed by atoms with Crippen LogP contribution in [0.5, 0.6) is 0 Å². The van der Waals surface area contributed by atoms with E-state index in [-0.39, 0.29) is 5.91 Å². The van der Waals surface area contributed by atoms with Gasteiger partial charge in [0, 0.05) is 39.1 Å². The van der Waals surface area contributed by atoms with E-state index in [9.17, 15) is 4.79 Å². The number of hydrogen-bond acceptors (Lipinski definition) is 3. The molecular weight excluding hydrogens is 286 g/mol. The van der Waals surface area contributed by atoms with Gasteiger partial charge in [-0.15, -0.1) is 0 Å². The van der Waals surface area contributed by atoms with Crippen LogP contribution >= 0.6 is 0 Å². The average Bonchev–Trinajstić information content (AvgIpc) is 2.59. The van der Waals surface area contributed by atoms with Gasteiger partial charge in [0.15, 0.2) is 0 Å². The number of amides is 1. The molecule has 1 heterocycles. The molecule has 0 spiro atoms. The number of hydrogen-bond donors (Lipinski definition) is 2. The van der Waals surface area contributed by atoms with Crippen molar-refractivity contribution in [2.75, 3.05) is 39.3 Å². The second-order valence-electron chi connectivity index (χ2n) is 6.88. The minimum absolute atomic E-state index is 0.231. The van der Waals surface area contributed by atoms with Crippen LogP contribution < -0.4 is 10.6 Å². The fraction of sp³-hybridized carbons (Fsp3) is 0.632. The first kappa shape index (κ1) is 16.5. The molecule has 0 aromatic heterocycles. The molecule has 1 saturated heterocycles. The predicted octanol–water partition coefficient (Wildman–Crippen LogP) is 1.59. The molecule has 2 N–H and O–H groups in total. The van der Waals surface area contributed by atoms with Gasteiger partial charge in [0.25, 0.3) is 0 Å². The maximum Gasteiger partial charge on any atom is 0.220 e. The van der Waals surface area contributed by atoms with Gasteiger partial charge in [0.2, 0.25) is 5.91 Å². The number of fused-ring (bicyclic) bond motifs is 1. The Bertz CT molecular complexity index is 511. The van der Waals surface area contributed by atoms with Crippen molar-refractivity contribution in [2.24, 2.45) is 5.92 Å². The van der Waals surface area contributed by atoms with Crippen molar-refractivity contribution < 1.29 is 4.79 Å². The van der Waals surface area contributed by atoms with Gasteiger partial charge in [0.05, 0.1) is 0 Å². The van der Waals surface area contributed by atoms with Crippen LogP contribution in [-0.4, -0.2) is 50.1 Å². The van der Waals surface area contributed by atoms with Gasteiger partial charge < -0.3 is 15.5 Å². The number of aryl methyl sites for hydroxylation is 1. The van der Waals surface area contributed by atoms with Gasteiger partial charge >= 0.3 is 0 Å². The molecule has 1 fully saturated rings. The molecule has 126 valence electrons. The highest BCUT2D eigenvalue weighted by atomic mass is 16.1. The van der Waals surface area contributed by atoms with Crippen molar-refractivity contribution in [3.05, 3.63) is 35.4 Å². The van der Waals surface area contributed by atoms with Gasteiger partial charge in [-0.05, 0) is 49.3 Å². The average molecular weight is 315 g/mol. The predicted molar refractivity (Wildman–Crippen MR) is 93.5 cm³/mol. The van der Waals surface area contributed by atoms with Crippen molar-refractivity contribution in [1.82, 2.24) is 15.5 Å². The topological polar surface area (TPSA) is 44.4 Å². The zero-order chi connectivity index (χ0) is 15.9. The van der Waals surface area contributed by atoms with Crippen LogP contribution in [0.4, 0.5) is 0 Å². The van der Waals surface area contributed by atoms with E-state index in [4.69, 9.17) is 0 Å². The Morgan fingerprint density at radius 1 is 1.22 bits per heavy atom. The highest BCUT2D eigenvalue weighted by Crippen LogP contribution is 2.27. The van der Waals surface area contributed by atoms with E-state index in [0.29, 0.717) is 12.3 Å². The van der Waals surface area contributed by atoms with Gasteiger partial charge in [-0.3, -0.25) is 4.79 Å². The lowest BCUT2D eigenvalue weighted by Gasteiger charge is -2.27. The molecule has 1 aliphatic carbocycles. The summed E-state index contributed by atoms with van der Waals surface area (Å²) in [6.07, 6.45) is 5.06. The summed E-state index contributed by atoms with van der Waals surface area (Å²) in [5.74, 6) is 0.743. The summed E-state index contributed by atoms with van der Waals surface area (Å²) in [7, 11) is 0. The zero-order valence-corrected chi connectivity index (χ0v) is 14.0. The molecule has 23 heavy (non-hydrogen) atoms. The molecule has 1 aliphatic heterocycles. The molecule has 1 atom stereocenters. The highest BCUT2D eigenvalue weighted by Gasteiger charge is 2.20. The Labute approximate surface area is 139 Å². The van der Waals surface area contributed by atoms with Crippen LogP contribution in [0, 0.1) is 5.92 Å². The largest absolute Gasteiger partial charge is 0.356 e. The highest BCUT2D eigenvalue weighted by molar-refractivity contribution is 5.76. The number of carbonyl (C=O) groups excluding carboxylic acids is 1. The number of nitrogens with zero attached hydrogens (tertiary/aromatic N) is 1. The van der Waals surface area contributed by atoms with Gasteiger partial charge in [0.1, 0.15) is 0 Å². The lowest BCUT2D eigenvalue weighted by molar-refractivity contribution is -0.122. The summed E-state index contributed by atoms with van der Waals surface area (Å²) in [6.45, 7) is 6.36. The minimum Gasteiger partial charge on any atom is -0.356 e. The first-order valence-electron chi connectivity index (χ1n) is 9.08. The molecule has 1 aromatic carbocycles. The van der Waals surface area contributed by atoms with E-state index < -0.39 is 0 Å². The molecule has 0 saturated carbocycles. The fourth-order valence-electron chi connectivity index (χ4n) is 3.75. The van der Waals surface area contributed by atoms with Crippen LogP contribution in [0.1, 0.15) is 30.4 Å². The Balaban J connectivity index is 1.32. The quantitative estimate of drug-likeness (QED) is 0.784. The Hall–Kier alpha value is -1.39. The van der Waals surface area contributed by atoms with E-state index in [0.717, 1.165) is 65.0 Å². The summed E-state index contributed by atoms with van der Waals surface area (Å²) in [5, 5.41) is 6.48. The number of nitrogens with one attached hydrogen (secondary N) is 2. The second kappa shape index (κ2) is 8.46. The fourth-order valence-corrected chi connectivity index (χ4v) is 3.75. The molecular formula is C19H29N3O. The van der Waals surface area contributed by atoms with E-state index >= 15 is 0 Å². The summed E-state index contributed by atoms with van der Waals surface area (Å²) in [5.41, 5.74) is 2.91. The normalized spacial score (nSPS) is 21.7. The molecule has 4 heteroatoms. The van der Waals surface area contributed by atoms with Gasteiger partial charge in [-0.1, -0.05) is 24.3 Å². The third-order valence-corrected chi connectivity index (χ3v) is 5.11. The third-order valence-electron chi connectivity index (χ3n) is 5.11. The Kier molecular flexibility index (Phi) is 6.06. The smallest absolute Gasteiger partial charge is 0.220 e. The number of piperazine rings is 1. The van der Waals surface area contributed by atoms with Crippen molar-refractivity contribution in [2.45, 2.75) is 32.1 Å². The Morgan fingerprint density at radius 2 is 2.00 bits per heavy atom. The standard InChI is InChI=1S/C19H29N3O/c23-19(21-8-3-11-22-12-9-20-10-13-22)15-16-6-7-17-4-1-2-5-18(17)14-16/h1-2,4-5,16,20H,3,6-15H2,(H,21,23). The van der Waals surface area contributed by atoms with Crippen molar-refractivity contribution in [3.8, 4) is 0 Å². The maximum atomic E-state index is 12.1. The lowest BCUT2D eigenvalue weighted by Crippen LogP contribution is -2.44. The Morgan fingerprint density at radius 3 is 2.83 bits per heavy atom. The molecule has 1 amide bonds. The van der Waals surface area contributed by atoms with Crippen molar-refractivity contribution >= 4 is 5.91 Å². The molecule has 4 nitrogen and oxygen atoms in total. The number of benzene rings is 1. The molecule has 0 radical (unpaired) electrons. The van der Waals surface area contributed by atoms with E-state index in [1.165, 1.54) is 11.1 Å². The van der Waals surface area contributed by atoms with Crippen LogP contribution in [0.3, 0.4) is 0 Å². The van der Waals surface area contributed by atoms with E-state index in [1.54, 1.807) is 0 Å². The van der Waals surface area contributed by atoms with Gasteiger partial charge in [-0.25, -0.2) is 0 Å². The SMILES string of the molecule is O=C(CC1CCc2ccccc2C1)NCCCN1CCNCC1. The summed E-state index contributed by atoms with van der Waals surface area (Å²) in [6, 6.07) is 8.66. The maximum absolute atomic E-state index is 12.1. The summed E-state index contributed by atoms with van der Waals surface area (Å²) >= 11 is 0. The van der Waals surface area contributed by atoms with Crippen molar-refractivity contribution in [3.63, 3.8) is 0 Å². The summed E-state index contributed by atoms with van der Waals surface area (Å²) < 4.78 is 0. The molecule has 1 aromatic rings. The van der Waals surface area contributed by atoms with Crippen LogP contribution in [0.2, 0.25) is 0 Å². The van der Waals surface area contributed by atoms with E-state index in [2.05, 4.69) is 39.8 Å². The van der Waals surface area contributed by atoms with Gasteiger partial charge in [-0.2, -0.15) is 0 Å². The summed E-state index contributed by atoms with van der Waals surface area (Å²) in [4.78, 5) is 14.6. The zero-order valence-electron chi connectivity index (χ0n) is 14.0. The number of rotatable bonds is 6. The first-order chi connectivity index (χ1) is 11.3. The third kappa shape index (κ3) is 5.05. The molecule has 3 rings (SSSR count). The monoisotopic (exact) mass is 315 g/mol. The molecule has 2 aliphatic rings. The van der Waals surface area contributed by atoms with Crippen LogP contribution in [0.15, 0.2) is 24.3 Å². The molecule has 1 unspecified atom stereocenters. The molecule has 0 bridgehead atoms. The van der Waals surface area contributed by atoms with Crippen LogP contribution in [-0.2, 0) is 17.6 Å². The minimum atomic E-state index is 0.231. The van der Waals surface area contributed by atoms with Crippen LogP contribution in [0.25, 0.3) is 0 Å². The lowest BCUT2D eigenvalue weighted by atomic mass is 9.82. The first-order valence-corrected chi connectivity index (χ1v) is 9.08. The number of carbonyl (C=O) groups is 1. The van der Waals surface area contributed by atoms with Crippen molar-refractivity contribution in [1.29, 1.82) is 0 Å².